The molecule has 0 saturated heterocycles. The van der Waals surface area contributed by atoms with E-state index in [1.807, 2.05) is 59.9 Å². The molecule has 0 saturated carbocycles. The third-order valence-corrected chi connectivity index (χ3v) is 9.24. The van der Waals surface area contributed by atoms with Crippen LogP contribution in [0.5, 0.6) is 0 Å². The number of fused-ring (bicyclic) bond motifs is 7. The Balaban J connectivity index is 0.000000267. The summed E-state index contributed by atoms with van der Waals surface area (Å²) < 4.78 is 0. The van der Waals surface area contributed by atoms with Gasteiger partial charge in [-0.15, -0.1) is 12.1 Å². The number of nitrogens with zero attached hydrogens (tertiary/aromatic N) is 2. The molecule has 1 N–H and O–H groups in total. The summed E-state index contributed by atoms with van der Waals surface area (Å²) in [7, 11) is 0. The Hall–Kier alpha value is -3.92. The number of benzene rings is 4. The van der Waals surface area contributed by atoms with Gasteiger partial charge < -0.3 is 10.1 Å². The molecule has 1 radical (unpaired) electrons. The van der Waals surface area contributed by atoms with E-state index in [4.69, 9.17) is 9.97 Å². The fourth-order valence-electron chi connectivity index (χ4n) is 6.43. The van der Waals surface area contributed by atoms with E-state index in [9.17, 15) is 9.90 Å². The summed E-state index contributed by atoms with van der Waals surface area (Å²) >= 11 is 0. The standard InChI is InChI=1S/C31H23N2.C11H20O2.Ir/c1-17-13-18(2)20-9-10-21-22-11-12-32-29-25-15-19-7-5-6-8-27(19)33-30(25)31(3,4)26(28(22)29)16-24(21)23(20)14-17;1-10(2,3)8(12)7-9(13)11(4,5)6;/h5-14,16H,1-4H3;7,12H,1-6H3;/q-1;;/b;8-7-;. The zero-order valence-corrected chi connectivity index (χ0v) is 31.4. The molecule has 47 heavy (non-hydrogen) atoms. The molecule has 4 nitrogen and oxygen atoms in total. The van der Waals surface area contributed by atoms with Crippen LogP contribution in [0.4, 0.5) is 0 Å². The van der Waals surface area contributed by atoms with E-state index in [1.54, 1.807) is 0 Å². The van der Waals surface area contributed by atoms with Crippen molar-refractivity contribution < 1.29 is 30.0 Å². The fourth-order valence-corrected chi connectivity index (χ4v) is 6.43. The van der Waals surface area contributed by atoms with Crippen LogP contribution < -0.4 is 0 Å². The first-order valence-corrected chi connectivity index (χ1v) is 16.0. The van der Waals surface area contributed by atoms with Crippen LogP contribution in [-0.4, -0.2) is 20.9 Å². The molecule has 0 amide bonds. The zero-order chi connectivity index (χ0) is 33.3. The van der Waals surface area contributed by atoms with Crippen LogP contribution in [0, 0.1) is 30.7 Å². The SMILES string of the molecule is CC(C)(C)C(=O)/C=C(\O)C(C)(C)C.Cc1cc(C)c2ccc3c4ccnc5c4c(cc3c2c1)C(C)(C)c1nc2ccccc2[c-]c1-5.[Ir]. The maximum Gasteiger partial charge on any atom is 0.164 e. The van der Waals surface area contributed by atoms with Gasteiger partial charge in [0.25, 0.3) is 0 Å². The zero-order valence-electron chi connectivity index (χ0n) is 29.0. The molecule has 1 aliphatic carbocycles. The van der Waals surface area contributed by atoms with Gasteiger partial charge >= 0.3 is 0 Å². The van der Waals surface area contributed by atoms with Gasteiger partial charge in [0.05, 0.1) is 0 Å². The number of aromatic nitrogens is 2. The Bertz CT molecular complexity index is 2250. The number of carbonyl (C=O) groups is 1. The van der Waals surface area contributed by atoms with Crippen molar-refractivity contribution in [2.75, 3.05) is 0 Å². The van der Waals surface area contributed by atoms with Crippen molar-refractivity contribution in [3.8, 4) is 11.3 Å². The van der Waals surface area contributed by atoms with Crippen molar-refractivity contribution in [3.05, 3.63) is 107 Å². The maximum absolute atomic E-state index is 11.5. The number of hydrogen-bond acceptors (Lipinski definition) is 4. The van der Waals surface area contributed by atoms with Gasteiger partial charge in [0.1, 0.15) is 5.76 Å². The molecule has 2 aromatic heterocycles. The van der Waals surface area contributed by atoms with Gasteiger partial charge in [-0.25, -0.2) is 0 Å². The number of aliphatic hydroxyl groups excluding tert-OH is 1. The molecule has 5 heteroatoms. The smallest absolute Gasteiger partial charge is 0.164 e. The predicted molar refractivity (Wildman–Crippen MR) is 193 cm³/mol. The maximum atomic E-state index is 11.5. The van der Waals surface area contributed by atoms with Crippen LogP contribution in [0.3, 0.4) is 0 Å². The minimum atomic E-state index is -0.417. The summed E-state index contributed by atoms with van der Waals surface area (Å²) in [5, 5.41) is 18.3. The molecule has 4 aromatic carbocycles. The van der Waals surface area contributed by atoms with Gasteiger partial charge in [0.15, 0.2) is 5.78 Å². The Morgan fingerprint density at radius 1 is 0.830 bits per heavy atom. The van der Waals surface area contributed by atoms with E-state index in [1.165, 1.54) is 55.1 Å². The van der Waals surface area contributed by atoms with Gasteiger partial charge in [-0.3, -0.25) is 9.78 Å². The van der Waals surface area contributed by atoms with Gasteiger partial charge in [-0.1, -0.05) is 120 Å². The summed E-state index contributed by atoms with van der Waals surface area (Å²) in [6.07, 6.45) is 3.28. The monoisotopic (exact) mass is 800 g/mol. The van der Waals surface area contributed by atoms with E-state index in [-0.39, 0.29) is 42.5 Å². The molecule has 243 valence electrons. The summed E-state index contributed by atoms with van der Waals surface area (Å²) in [6.45, 7) is 20.1. The molecule has 0 fully saturated rings. The van der Waals surface area contributed by atoms with Crippen molar-refractivity contribution in [1.82, 2.24) is 9.97 Å². The van der Waals surface area contributed by atoms with Gasteiger partial charge in [-0.2, -0.15) is 0 Å². The molecule has 7 rings (SSSR count). The largest absolute Gasteiger partial charge is 0.512 e. The first-order valence-electron chi connectivity index (χ1n) is 16.0. The number of ketones is 1. The molecule has 1 aliphatic rings. The van der Waals surface area contributed by atoms with E-state index in [0.29, 0.717) is 0 Å². The number of pyridine rings is 2. The van der Waals surface area contributed by atoms with Crippen LogP contribution in [-0.2, 0) is 30.3 Å². The molecule has 0 spiro atoms. The van der Waals surface area contributed by atoms with Gasteiger partial charge in [0, 0.05) is 54.3 Å². The normalized spacial score (nSPS) is 14.0. The number of aliphatic hydroxyl groups is 1. The second kappa shape index (κ2) is 12.0. The molecular formula is C42H43IrN2O2-. The van der Waals surface area contributed by atoms with E-state index < -0.39 is 5.41 Å². The summed E-state index contributed by atoms with van der Waals surface area (Å²) in [6, 6.07) is 25.7. The second-order valence-corrected chi connectivity index (χ2v) is 15.3. The molecule has 0 atom stereocenters. The molecule has 0 bridgehead atoms. The number of para-hydroxylation sites is 1. The van der Waals surface area contributed by atoms with Crippen LogP contribution in [0.2, 0.25) is 0 Å². The second-order valence-electron chi connectivity index (χ2n) is 15.3. The Morgan fingerprint density at radius 3 is 2.17 bits per heavy atom. The van der Waals surface area contributed by atoms with E-state index in [2.05, 4.69) is 82.3 Å². The van der Waals surface area contributed by atoms with Gasteiger partial charge in [0.2, 0.25) is 0 Å². The average molecular weight is 800 g/mol. The Kier molecular flexibility index (Phi) is 8.75. The summed E-state index contributed by atoms with van der Waals surface area (Å²) in [5.74, 6) is 0.104. The van der Waals surface area contributed by atoms with Crippen LogP contribution in [0.25, 0.3) is 54.5 Å². The number of rotatable bonds is 1. The molecule has 6 aromatic rings. The number of aryl methyl sites for hydroxylation is 2. The summed E-state index contributed by atoms with van der Waals surface area (Å²) in [5.41, 5.74) is 6.95. The van der Waals surface area contributed by atoms with Crippen molar-refractivity contribution in [2.45, 2.75) is 74.7 Å². The van der Waals surface area contributed by atoms with E-state index in [0.717, 1.165) is 27.9 Å². The van der Waals surface area contributed by atoms with E-state index >= 15 is 0 Å². The first-order chi connectivity index (χ1) is 21.5. The van der Waals surface area contributed by atoms with Crippen molar-refractivity contribution in [3.63, 3.8) is 0 Å². The quantitative estimate of drug-likeness (QED) is 0.0779. The van der Waals surface area contributed by atoms with Crippen molar-refractivity contribution >= 4 is 49.0 Å². The number of hydrogen-bond donors (Lipinski definition) is 1. The third-order valence-electron chi connectivity index (χ3n) is 9.24. The number of carbonyl (C=O) groups excluding carboxylic acids is 1. The first kappa shape index (κ1) is 34.4. The van der Waals surface area contributed by atoms with Crippen LogP contribution >= 0.6 is 0 Å². The minimum Gasteiger partial charge on any atom is -0.512 e. The van der Waals surface area contributed by atoms with Crippen LogP contribution in [0.1, 0.15) is 77.8 Å². The Morgan fingerprint density at radius 2 is 1.49 bits per heavy atom. The van der Waals surface area contributed by atoms with Gasteiger partial charge in [-0.05, 0) is 74.6 Å². The van der Waals surface area contributed by atoms with Crippen molar-refractivity contribution in [1.29, 1.82) is 0 Å². The molecule has 0 unspecified atom stereocenters. The predicted octanol–water partition coefficient (Wildman–Crippen LogP) is 10.9. The van der Waals surface area contributed by atoms with Crippen molar-refractivity contribution in [2.24, 2.45) is 10.8 Å². The third kappa shape index (κ3) is 6.01. The van der Waals surface area contributed by atoms with Crippen LogP contribution in [0.15, 0.2) is 78.7 Å². The summed E-state index contributed by atoms with van der Waals surface area (Å²) in [4.78, 5) is 21.5. The number of allylic oxidation sites excluding steroid dienone is 2. The molecule has 2 heterocycles. The molecule has 0 aliphatic heterocycles. The molecular weight excluding hydrogens is 757 g/mol. The topological polar surface area (TPSA) is 63.1 Å². The fraction of sp³-hybridized carbons (Fsp3) is 0.310. The minimum absolute atomic E-state index is 0. The average Bonchev–Trinajstić information content (AvgIpc) is 2.98. The Labute approximate surface area is 291 Å².